The Morgan fingerprint density at radius 2 is 1.89 bits per heavy atom. The molecule has 4 N–H and O–H groups in total. The zero-order valence-corrected chi connectivity index (χ0v) is 19.9. The van der Waals surface area contributed by atoms with Crippen molar-refractivity contribution in [2.24, 2.45) is 5.73 Å². The molecule has 8 nitrogen and oxygen atoms in total. The first-order valence-corrected chi connectivity index (χ1v) is 11.2. The van der Waals surface area contributed by atoms with Crippen LogP contribution in [-0.2, 0) is 17.8 Å². The number of para-hydroxylation sites is 1. The Hall–Kier alpha value is -4.33. The van der Waals surface area contributed by atoms with Gasteiger partial charge < -0.3 is 20.3 Å². The number of methoxy groups -OCH3 is 1. The van der Waals surface area contributed by atoms with Crippen molar-refractivity contribution in [3.8, 4) is 22.6 Å². The van der Waals surface area contributed by atoms with Crippen LogP contribution in [-0.4, -0.2) is 33.8 Å². The number of nitrogens with two attached hydrogens (primary N) is 1. The topological polar surface area (TPSA) is 123 Å². The monoisotopic (exact) mass is 472 g/mol. The molecule has 0 bridgehead atoms. The highest BCUT2D eigenvalue weighted by Crippen LogP contribution is 2.32. The highest BCUT2D eigenvalue weighted by atomic mass is 16.5. The van der Waals surface area contributed by atoms with Crippen LogP contribution in [0, 0.1) is 5.41 Å². The number of aliphatic carboxylic acids is 1. The van der Waals surface area contributed by atoms with Crippen LogP contribution in [0.15, 0.2) is 60.7 Å². The van der Waals surface area contributed by atoms with Gasteiger partial charge in [-0.1, -0.05) is 24.3 Å². The van der Waals surface area contributed by atoms with Crippen LogP contribution in [0.5, 0.6) is 11.5 Å². The molecule has 4 aromatic rings. The smallest absolute Gasteiger partial charge is 0.307 e. The fourth-order valence-corrected chi connectivity index (χ4v) is 4.02. The third kappa shape index (κ3) is 5.11. The molecule has 0 aliphatic rings. The molecule has 0 fully saturated rings. The molecule has 1 aromatic heterocycles. The molecule has 8 heteroatoms. The van der Waals surface area contributed by atoms with Crippen molar-refractivity contribution < 1.29 is 19.4 Å². The quantitative estimate of drug-likeness (QED) is 0.238. The first-order valence-electron chi connectivity index (χ1n) is 11.2. The fraction of sp³-hybridized carbons (Fsp3) is 0.222. The van der Waals surface area contributed by atoms with Gasteiger partial charge in [-0.25, -0.2) is 0 Å². The number of hydrogen-bond acceptors (Lipinski definition) is 5. The molecule has 0 amide bonds. The Balaban J connectivity index is 1.75. The van der Waals surface area contributed by atoms with E-state index in [1.807, 2.05) is 41.1 Å². The van der Waals surface area contributed by atoms with E-state index in [4.69, 9.17) is 25.7 Å². The van der Waals surface area contributed by atoms with E-state index in [2.05, 4.69) is 13.8 Å². The molecule has 4 rings (SSSR count). The SMILES string of the molecule is COc1cc(C(=N)N)cc(-c2ccc3c(c2)c(COc2ccccc2CC(=O)O)nn3C(C)C)c1. The molecule has 180 valence electrons. The Kier molecular flexibility index (Phi) is 6.73. The maximum atomic E-state index is 11.2. The maximum Gasteiger partial charge on any atom is 0.307 e. The van der Waals surface area contributed by atoms with Crippen molar-refractivity contribution in [1.82, 2.24) is 9.78 Å². The number of rotatable bonds is 9. The van der Waals surface area contributed by atoms with E-state index in [0.717, 1.165) is 27.7 Å². The standard InChI is InChI=1S/C27H28N4O4/c1-16(2)31-24-9-8-17(19-10-20(27(28)29)12-21(11-19)34-3)13-22(24)23(30-31)15-35-25-7-5-4-6-18(25)14-26(32)33/h4-13,16H,14-15H2,1-3H3,(H3,28,29)(H,32,33). The van der Waals surface area contributed by atoms with Crippen LogP contribution in [0.4, 0.5) is 0 Å². The summed E-state index contributed by atoms with van der Waals surface area (Å²) in [5.41, 5.74) is 10.4. The molecule has 0 saturated carbocycles. The molecule has 0 atom stereocenters. The van der Waals surface area contributed by atoms with Crippen LogP contribution in [0.25, 0.3) is 22.0 Å². The zero-order chi connectivity index (χ0) is 25.1. The lowest BCUT2D eigenvalue weighted by atomic mass is 10.00. The van der Waals surface area contributed by atoms with Gasteiger partial charge in [0.1, 0.15) is 29.6 Å². The van der Waals surface area contributed by atoms with Crippen LogP contribution in [0.2, 0.25) is 0 Å². The van der Waals surface area contributed by atoms with E-state index in [9.17, 15) is 9.90 Å². The van der Waals surface area contributed by atoms with E-state index >= 15 is 0 Å². The van der Waals surface area contributed by atoms with Gasteiger partial charge in [0.05, 0.1) is 19.0 Å². The molecular formula is C27H28N4O4. The number of ether oxygens (including phenoxy) is 2. The number of carbonyl (C=O) groups is 1. The lowest BCUT2D eigenvalue weighted by Crippen LogP contribution is -2.11. The van der Waals surface area contributed by atoms with Gasteiger partial charge in [-0.05, 0) is 61.4 Å². The number of carboxylic acid groups (broad SMARTS) is 1. The summed E-state index contributed by atoms with van der Waals surface area (Å²) in [6.45, 7) is 4.32. The van der Waals surface area contributed by atoms with Crippen molar-refractivity contribution in [2.75, 3.05) is 7.11 Å². The zero-order valence-electron chi connectivity index (χ0n) is 19.9. The Bertz CT molecular complexity index is 1410. The predicted molar refractivity (Wildman–Crippen MR) is 135 cm³/mol. The molecule has 0 radical (unpaired) electrons. The minimum atomic E-state index is -0.913. The predicted octanol–water partition coefficient (Wildman–Crippen LogP) is 4.78. The van der Waals surface area contributed by atoms with Crippen LogP contribution in [0.1, 0.15) is 36.7 Å². The second-order valence-corrected chi connectivity index (χ2v) is 8.55. The third-order valence-corrected chi connectivity index (χ3v) is 5.74. The largest absolute Gasteiger partial charge is 0.497 e. The Labute approximate surface area is 203 Å². The van der Waals surface area contributed by atoms with Crippen LogP contribution < -0.4 is 15.2 Å². The summed E-state index contributed by atoms with van der Waals surface area (Å²) in [6, 6.07) is 18.8. The summed E-state index contributed by atoms with van der Waals surface area (Å²) < 4.78 is 13.4. The van der Waals surface area contributed by atoms with Crippen molar-refractivity contribution in [3.05, 3.63) is 77.5 Å². The van der Waals surface area contributed by atoms with Crippen LogP contribution in [0.3, 0.4) is 0 Å². The Morgan fingerprint density at radius 3 is 2.57 bits per heavy atom. The molecule has 0 saturated heterocycles. The van der Waals surface area contributed by atoms with E-state index in [-0.39, 0.29) is 24.9 Å². The molecule has 35 heavy (non-hydrogen) atoms. The van der Waals surface area contributed by atoms with E-state index < -0.39 is 5.97 Å². The minimum Gasteiger partial charge on any atom is -0.497 e. The van der Waals surface area contributed by atoms with Crippen molar-refractivity contribution in [2.45, 2.75) is 32.9 Å². The van der Waals surface area contributed by atoms with Crippen molar-refractivity contribution in [1.29, 1.82) is 5.41 Å². The summed E-state index contributed by atoms with van der Waals surface area (Å²) >= 11 is 0. The number of nitrogens with zero attached hydrogens (tertiary/aromatic N) is 2. The molecule has 0 aliphatic heterocycles. The summed E-state index contributed by atoms with van der Waals surface area (Å²) in [7, 11) is 1.58. The van der Waals surface area contributed by atoms with Crippen LogP contribution >= 0.6 is 0 Å². The number of nitrogen functional groups attached to an aromatic ring is 1. The third-order valence-electron chi connectivity index (χ3n) is 5.74. The average Bonchev–Trinajstić information content (AvgIpc) is 3.21. The Morgan fingerprint density at radius 1 is 1.11 bits per heavy atom. The van der Waals surface area contributed by atoms with E-state index in [0.29, 0.717) is 22.6 Å². The molecule has 0 aliphatic carbocycles. The first kappa shape index (κ1) is 23.8. The highest BCUT2D eigenvalue weighted by molar-refractivity contribution is 5.97. The average molecular weight is 473 g/mol. The minimum absolute atomic E-state index is 0.0343. The first-order chi connectivity index (χ1) is 16.8. The number of nitrogens with one attached hydrogen (secondary N) is 1. The summed E-state index contributed by atoms with van der Waals surface area (Å²) in [4.78, 5) is 11.2. The number of aromatic nitrogens is 2. The van der Waals surface area contributed by atoms with E-state index in [1.54, 1.807) is 31.4 Å². The van der Waals surface area contributed by atoms with Gasteiger partial charge in [0.15, 0.2) is 0 Å². The van der Waals surface area contributed by atoms with Gasteiger partial charge in [-0.2, -0.15) is 5.10 Å². The molecule has 0 spiro atoms. The fourth-order valence-electron chi connectivity index (χ4n) is 4.02. The van der Waals surface area contributed by atoms with Gasteiger partial charge in [0.2, 0.25) is 0 Å². The summed E-state index contributed by atoms with van der Waals surface area (Å²) in [5, 5.41) is 22.8. The van der Waals surface area contributed by atoms with Gasteiger partial charge in [-0.3, -0.25) is 14.9 Å². The second-order valence-electron chi connectivity index (χ2n) is 8.55. The number of amidine groups is 1. The molecule has 1 heterocycles. The van der Waals surface area contributed by atoms with Crippen molar-refractivity contribution in [3.63, 3.8) is 0 Å². The summed E-state index contributed by atoms with van der Waals surface area (Å²) in [6.07, 6.45) is -0.115. The van der Waals surface area contributed by atoms with Gasteiger partial charge >= 0.3 is 5.97 Å². The second kappa shape index (κ2) is 9.89. The van der Waals surface area contributed by atoms with Crippen molar-refractivity contribution >= 4 is 22.7 Å². The molecule has 0 unspecified atom stereocenters. The molecule has 3 aromatic carbocycles. The normalized spacial score (nSPS) is 11.1. The maximum absolute atomic E-state index is 11.2. The van der Waals surface area contributed by atoms with Gasteiger partial charge in [0.25, 0.3) is 0 Å². The number of hydrogen-bond donors (Lipinski definition) is 3. The van der Waals surface area contributed by atoms with E-state index in [1.165, 1.54) is 0 Å². The number of fused-ring (bicyclic) bond motifs is 1. The van der Waals surface area contributed by atoms with Gasteiger partial charge in [-0.15, -0.1) is 0 Å². The highest BCUT2D eigenvalue weighted by Gasteiger charge is 2.16. The number of carboxylic acids is 1. The lowest BCUT2D eigenvalue weighted by molar-refractivity contribution is -0.136. The lowest BCUT2D eigenvalue weighted by Gasteiger charge is -2.10. The summed E-state index contributed by atoms with van der Waals surface area (Å²) in [5.74, 6) is 0.192. The van der Waals surface area contributed by atoms with Gasteiger partial charge in [0, 0.05) is 22.6 Å². The number of benzene rings is 3. The molecular weight excluding hydrogens is 444 g/mol.